The Balaban J connectivity index is 2.27. The van der Waals surface area contributed by atoms with Gasteiger partial charge in [-0.3, -0.25) is 9.59 Å². The van der Waals surface area contributed by atoms with E-state index in [1.165, 1.54) is 0 Å². The number of hydrogen-bond acceptors (Lipinski definition) is 2. The molecule has 101 valence electrons. The fraction of sp³-hybridized carbons (Fsp3) is 0.467. The molecule has 1 radical (unpaired) electrons. The van der Waals surface area contributed by atoms with Crippen molar-refractivity contribution < 1.29 is 9.59 Å². The number of rotatable bonds is 4. The highest BCUT2D eigenvalue weighted by Crippen LogP contribution is 2.30. The predicted molar refractivity (Wildman–Crippen MR) is 72.2 cm³/mol. The third-order valence-corrected chi connectivity index (χ3v) is 3.55. The van der Waals surface area contributed by atoms with Crippen LogP contribution in [0.2, 0.25) is 0 Å². The summed E-state index contributed by atoms with van der Waals surface area (Å²) in [4.78, 5) is 25.5. The molecule has 1 unspecified atom stereocenters. The Morgan fingerprint density at radius 2 is 2.32 bits per heavy atom. The zero-order valence-corrected chi connectivity index (χ0v) is 11.2. The summed E-state index contributed by atoms with van der Waals surface area (Å²) in [5.41, 5.74) is 7.41. The number of hydrogen-bond donors (Lipinski definition) is 1. The zero-order valence-electron chi connectivity index (χ0n) is 11.2. The van der Waals surface area contributed by atoms with Gasteiger partial charge in [0.1, 0.15) is 6.04 Å². The molecule has 0 saturated carbocycles. The van der Waals surface area contributed by atoms with Gasteiger partial charge < -0.3 is 10.6 Å². The van der Waals surface area contributed by atoms with Crippen molar-refractivity contribution in [2.24, 2.45) is 5.73 Å². The van der Waals surface area contributed by atoms with Gasteiger partial charge in [0, 0.05) is 13.0 Å². The van der Waals surface area contributed by atoms with Crippen LogP contribution in [0.4, 0.5) is 0 Å². The molecule has 0 spiro atoms. The maximum atomic E-state index is 12.2. The van der Waals surface area contributed by atoms with Crippen molar-refractivity contribution in [3.8, 4) is 0 Å². The Hall–Kier alpha value is -1.84. The number of unbranched alkanes of at least 4 members (excludes halogenated alkanes) is 1. The maximum Gasteiger partial charge on any atom is 0.244 e. The van der Waals surface area contributed by atoms with E-state index in [4.69, 9.17) is 5.73 Å². The van der Waals surface area contributed by atoms with Crippen molar-refractivity contribution >= 4 is 11.8 Å². The van der Waals surface area contributed by atoms with Crippen LogP contribution in [0.25, 0.3) is 0 Å². The number of carbonyl (C=O) groups is 2. The third-order valence-electron chi connectivity index (χ3n) is 3.55. The molecule has 1 aromatic rings. The van der Waals surface area contributed by atoms with Crippen molar-refractivity contribution in [3.05, 3.63) is 35.4 Å². The standard InChI is InChI=1S/C15H19N2O2/c1-2-3-8-13(18)17-10-9-11-6-4-5-7-12(11)14(17)15(16)19/h5-7,14H,2-3,8-10H2,1H3,(H2,16,19). The SMILES string of the molecule is CCCCC(=O)N1CCc2c[c]ccc2C1C(N)=O. The van der Waals surface area contributed by atoms with E-state index in [2.05, 4.69) is 6.07 Å². The van der Waals surface area contributed by atoms with E-state index in [-0.39, 0.29) is 5.91 Å². The molecule has 0 fully saturated rings. The summed E-state index contributed by atoms with van der Waals surface area (Å²) in [6.07, 6.45) is 3.05. The number of nitrogens with two attached hydrogens (primary N) is 1. The third kappa shape index (κ3) is 2.78. The summed E-state index contributed by atoms with van der Waals surface area (Å²) < 4.78 is 0. The number of nitrogens with zero attached hydrogens (tertiary/aromatic N) is 1. The summed E-state index contributed by atoms with van der Waals surface area (Å²) >= 11 is 0. The molecule has 1 heterocycles. The van der Waals surface area contributed by atoms with Gasteiger partial charge in [-0.25, -0.2) is 0 Å². The molecular formula is C15H19N2O2. The molecule has 4 nitrogen and oxygen atoms in total. The fourth-order valence-electron chi connectivity index (χ4n) is 2.55. The van der Waals surface area contributed by atoms with E-state index in [0.717, 1.165) is 30.4 Å². The molecule has 1 atom stereocenters. The van der Waals surface area contributed by atoms with E-state index >= 15 is 0 Å². The predicted octanol–water partition coefficient (Wildman–Crippen LogP) is 1.59. The zero-order chi connectivity index (χ0) is 13.8. The summed E-state index contributed by atoms with van der Waals surface area (Å²) in [7, 11) is 0. The molecule has 1 aromatic carbocycles. The Labute approximate surface area is 113 Å². The molecule has 4 heteroatoms. The van der Waals surface area contributed by atoms with Gasteiger partial charge in [0.2, 0.25) is 11.8 Å². The van der Waals surface area contributed by atoms with E-state index in [0.29, 0.717) is 13.0 Å². The first kappa shape index (κ1) is 13.6. The van der Waals surface area contributed by atoms with E-state index in [9.17, 15) is 9.59 Å². The first-order chi connectivity index (χ1) is 9.15. The van der Waals surface area contributed by atoms with Gasteiger partial charge in [-0.1, -0.05) is 31.5 Å². The summed E-state index contributed by atoms with van der Waals surface area (Å²) in [5, 5.41) is 0. The van der Waals surface area contributed by atoms with Crippen LogP contribution in [0.5, 0.6) is 0 Å². The molecule has 19 heavy (non-hydrogen) atoms. The highest BCUT2D eigenvalue weighted by Gasteiger charge is 2.33. The first-order valence-corrected chi connectivity index (χ1v) is 6.72. The van der Waals surface area contributed by atoms with Crippen LogP contribution in [0.1, 0.15) is 43.4 Å². The molecule has 2 rings (SSSR count). The van der Waals surface area contributed by atoms with Gasteiger partial charge in [0.05, 0.1) is 0 Å². The van der Waals surface area contributed by atoms with Crippen LogP contribution in [0.15, 0.2) is 18.2 Å². The normalized spacial score (nSPS) is 17.9. The van der Waals surface area contributed by atoms with Crippen molar-refractivity contribution in [2.75, 3.05) is 6.54 Å². The van der Waals surface area contributed by atoms with Gasteiger partial charge >= 0.3 is 0 Å². The Morgan fingerprint density at radius 3 is 3.00 bits per heavy atom. The lowest BCUT2D eigenvalue weighted by Gasteiger charge is -2.35. The first-order valence-electron chi connectivity index (χ1n) is 6.72. The van der Waals surface area contributed by atoms with Crippen molar-refractivity contribution in [1.29, 1.82) is 0 Å². The van der Waals surface area contributed by atoms with E-state index in [1.807, 2.05) is 19.1 Å². The maximum absolute atomic E-state index is 12.2. The lowest BCUT2D eigenvalue weighted by Crippen LogP contribution is -2.45. The lowest BCUT2D eigenvalue weighted by molar-refractivity contribution is -0.140. The Kier molecular flexibility index (Phi) is 4.20. The second kappa shape index (κ2) is 5.87. The van der Waals surface area contributed by atoms with Crippen molar-refractivity contribution in [2.45, 2.75) is 38.6 Å². The average Bonchev–Trinajstić information content (AvgIpc) is 2.43. The van der Waals surface area contributed by atoms with Gasteiger partial charge in [-0.15, -0.1) is 0 Å². The number of fused-ring (bicyclic) bond motifs is 1. The largest absolute Gasteiger partial charge is 0.368 e. The van der Waals surface area contributed by atoms with Gasteiger partial charge in [-0.05, 0) is 30.0 Å². The van der Waals surface area contributed by atoms with Crippen LogP contribution in [-0.4, -0.2) is 23.3 Å². The second-order valence-corrected chi connectivity index (χ2v) is 4.87. The molecule has 2 amide bonds. The topological polar surface area (TPSA) is 63.4 Å². The van der Waals surface area contributed by atoms with Gasteiger partial charge in [0.15, 0.2) is 0 Å². The lowest BCUT2D eigenvalue weighted by atomic mass is 9.92. The molecule has 0 aromatic heterocycles. The number of amides is 2. The highest BCUT2D eigenvalue weighted by atomic mass is 16.2. The quantitative estimate of drug-likeness (QED) is 0.892. The summed E-state index contributed by atoms with van der Waals surface area (Å²) in [6, 6.07) is 7.85. The van der Waals surface area contributed by atoms with Crippen LogP contribution in [0.3, 0.4) is 0 Å². The molecule has 0 saturated heterocycles. The molecule has 2 N–H and O–H groups in total. The molecule has 0 bridgehead atoms. The minimum atomic E-state index is -0.622. The minimum absolute atomic E-state index is 0.0177. The van der Waals surface area contributed by atoms with Crippen molar-refractivity contribution in [3.63, 3.8) is 0 Å². The smallest absolute Gasteiger partial charge is 0.244 e. The minimum Gasteiger partial charge on any atom is -0.368 e. The fourth-order valence-corrected chi connectivity index (χ4v) is 2.55. The van der Waals surface area contributed by atoms with Crippen LogP contribution >= 0.6 is 0 Å². The molecule has 1 aliphatic rings. The Morgan fingerprint density at radius 1 is 1.53 bits per heavy atom. The monoisotopic (exact) mass is 259 g/mol. The van der Waals surface area contributed by atoms with Gasteiger partial charge in [-0.2, -0.15) is 0 Å². The molecule has 1 aliphatic heterocycles. The van der Waals surface area contributed by atoms with Crippen LogP contribution in [-0.2, 0) is 16.0 Å². The molecule has 0 aliphatic carbocycles. The van der Waals surface area contributed by atoms with Crippen LogP contribution in [0, 0.1) is 6.07 Å². The van der Waals surface area contributed by atoms with Crippen molar-refractivity contribution in [1.82, 2.24) is 4.90 Å². The summed E-state index contributed by atoms with van der Waals surface area (Å²) in [5.74, 6) is -0.443. The Bertz CT molecular complexity index is 485. The van der Waals surface area contributed by atoms with Gasteiger partial charge in [0.25, 0.3) is 0 Å². The molecular weight excluding hydrogens is 240 g/mol. The number of benzene rings is 1. The van der Waals surface area contributed by atoms with E-state index in [1.54, 1.807) is 11.0 Å². The van der Waals surface area contributed by atoms with E-state index < -0.39 is 11.9 Å². The average molecular weight is 259 g/mol. The number of primary amides is 1. The highest BCUT2D eigenvalue weighted by molar-refractivity contribution is 5.88. The number of carbonyl (C=O) groups excluding carboxylic acids is 2. The summed E-state index contributed by atoms with van der Waals surface area (Å²) in [6.45, 7) is 2.60. The van der Waals surface area contributed by atoms with Crippen LogP contribution < -0.4 is 5.73 Å². The second-order valence-electron chi connectivity index (χ2n) is 4.87.